The van der Waals surface area contributed by atoms with E-state index < -0.39 is 0 Å². The Morgan fingerprint density at radius 2 is 1.82 bits per heavy atom. The maximum absolute atomic E-state index is 13.9. The predicted octanol–water partition coefficient (Wildman–Crippen LogP) is 6.34. The topological polar surface area (TPSA) is 58.4 Å². The summed E-state index contributed by atoms with van der Waals surface area (Å²) in [5.74, 6) is 1.56. The van der Waals surface area contributed by atoms with Crippen LogP contribution in [0.4, 0.5) is 5.82 Å². The molecule has 4 heterocycles. The van der Waals surface area contributed by atoms with Crippen molar-refractivity contribution in [1.29, 1.82) is 0 Å². The lowest BCUT2D eigenvalue weighted by Crippen LogP contribution is -2.46. The molecule has 0 radical (unpaired) electrons. The fraction of sp³-hybridized carbons (Fsp3) is 0.323. The van der Waals surface area contributed by atoms with Crippen molar-refractivity contribution in [3.63, 3.8) is 0 Å². The summed E-state index contributed by atoms with van der Waals surface area (Å²) < 4.78 is 1.89. The second-order valence-corrected chi connectivity index (χ2v) is 12.5. The van der Waals surface area contributed by atoms with Crippen molar-refractivity contribution in [2.75, 3.05) is 30.3 Å². The first kappa shape index (κ1) is 25.9. The number of thiophene rings is 1. The Morgan fingerprint density at radius 1 is 1.03 bits per heavy atom. The lowest BCUT2D eigenvalue weighted by molar-refractivity contribution is -0.132. The second kappa shape index (κ2) is 11.0. The molecule has 6 rings (SSSR count). The summed E-state index contributed by atoms with van der Waals surface area (Å²) in [5, 5.41) is 7.18. The highest BCUT2D eigenvalue weighted by atomic mass is 32.2. The first-order chi connectivity index (χ1) is 19.0. The molecule has 39 heavy (non-hydrogen) atoms. The number of anilines is 1. The Morgan fingerprint density at radius 3 is 2.54 bits per heavy atom. The third-order valence-electron chi connectivity index (χ3n) is 7.61. The van der Waals surface area contributed by atoms with Gasteiger partial charge in [-0.25, -0.2) is 4.68 Å². The number of nitrogens with zero attached hydrogens (tertiary/aromatic N) is 4. The third-order valence-corrected chi connectivity index (χ3v) is 9.94. The minimum atomic E-state index is -0.0753. The van der Waals surface area contributed by atoms with Gasteiger partial charge in [0.15, 0.2) is 0 Å². The molecule has 0 saturated carbocycles. The van der Waals surface area contributed by atoms with Crippen molar-refractivity contribution in [3.8, 4) is 16.9 Å². The van der Waals surface area contributed by atoms with Gasteiger partial charge in [0, 0.05) is 29.1 Å². The van der Waals surface area contributed by atoms with Crippen LogP contribution in [0.3, 0.4) is 0 Å². The summed E-state index contributed by atoms with van der Waals surface area (Å²) in [6.07, 6.45) is 2.00. The van der Waals surface area contributed by atoms with Crippen LogP contribution in [0.15, 0.2) is 72.1 Å². The second-order valence-electron chi connectivity index (χ2n) is 10.5. The van der Waals surface area contributed by atoms with Gasteiger partial charge in [-0.15, -0.1) is 23.1 Å². The zero-order valence-corrected chi connectivity index (χ0v) is 23.9. The highest BCUT2D eigenvalue weighted by Gasteiger charge is 2.38. The molecule has 1 saturated heterocycles. The number of likely N-dealkylation sites (tertiary alicyclic amines) is 1. The van der Waals surface area contributed by atoms with Crippen LogP contribution in [0.5, 0.6) is 0 Å². The molecule has 6 nitrogen and oxygen atoms in total. The van der Waals surface area contributed by atoms with E-state index in [1.54, 1.807) is 28.0 Å². The number of hydrogen-bond acceptors (Lipinski definition) is 5. The summed E-state index contributed by atoms with van der Waals surface area (Å²) in [6.45, 7) is 5.79. The minimum Gasteiger partial charge on any atom is -0.341 e. The van der Waals surface area contributed by atoms with Gasteiger partial charge in [-0.3, -0.25) is 14.5 Å². The number of thioether (sulfide) groups is 1. The highest BCUT2D eigenvalue weighted by Crippen LogP contribution is 2.49. The van der Waals surface area contributed by atoms with Crippen LogP contribution < -0.4 is 4.90 Å². The zero-order chi connectivity index (χ0) is 26.9. The van der Waals surface area contributed by atoms with Crippen molar-refractivity contribution < 1.29 is 9.59 Å². The van der Waals surface area contributed by atoms with Crippen LogP contribution in [0.25, 0.3) is 16.9 Å². The third kappa shape index (κ3) is 5.15. The molecule has 0 bridgehead atoms. The van der Waals surface area contributed by atoms with Crippen molar-refractivity contribution in [2.24, 2.45) is 5.92 Å². The van der Waals surface area contributed by atoms with E-state index in [0.29, 0.717) is 17.5 Å². The van der Waals surface area contributed by atoms with E-state index >= 15 is 0 Å². The number of aryl methyl sites for hydroxylation is 1. The van der Waals surface area contributed by atoms with E-state index in [1.807, 2.05) is 39.9 Å². The van der Waals surface area contributed by atoms with Crippen molar-refractivity contribution >= 4 is 40.7 Å². The number of hydrogen-bond donors (Lipinski definition) is 0. The average molecular weight is 557 g/mol. The van der Waals surface area contributed by atoms with Gasteiger partial charge in [-0.1, -0.05) is 55.5 Å². The van der Waals surface area contributed by atoms with Crippen molar-refractivity contribution in [3.05, 3.63) is 88.1 Å². The van der Waals surface area contributed by atoms with Gasteiger partial charge >= 0.3 is 0 Å². The maximum Gasteiger partial charge on any atom is 0.242 e. The molecular formula is C31H32N4O2S2. The van der Waals surface area contributed by atoms with Crippen LogP contribution >= 0.6 is 23.1 Å². The van der Waals surface area contributed by atoms with Crippen LogP contribution in [-0.4, -0.2) is 51.9 Å². The van der Waals surface area contributed by atoms with E-state index in [4.69, 9.17) is 5.10 Å². The maximum atomic E-state index is 13.9. The van der Waals surface area contributed by atoms with E-state index in [1.165, 1.54) is 4.88 Å². The number of rotatable bonds is 5. The standard InChI is InChI=1S/C31H32N4O2S2/c1-21-13-15-33(16-14-21)26(36)19-34-27(37)20-39-30(25-12-7-17-38-25)28-29(23-9-4-3-5-10-23)32-35(31(28)34)24-11-6-8-22(2)18-24/h3-12,17-18,21,30H,13-16,19-20H2,1-2H3. The normalized spacial score (nSPS) is 18.2. The number of amides is 2. The van der Waals surface area contributed by atoms with E-state index in [9.17, 15) is 9.59 Å². The molecule has 200 valence electrons. The summed E-state index contributed by atoms with van der Waals surface area (Å²) in [4.78, 5) is 32.3. The number of fused-ring (bicyclic) bond motifs is 1. The molecule has 1 unspecified atom stereocenters. The summed E-state index contributed by atoms with van der Waals surface area (Å²) in [7, 11) is 0. The van der Waals surface area contributed by atoms with Gasteiger partial charge in [0.25, 0.3) is 0 Å². The van der Waals surface area contributed by atoms with Crippen LogP contribution in [0, 0.1) is 12.8 Å². The zero-order valence-electron chi connectivity index (χ0n) is 22.2. The number of aromatic nitrogens is 2. The average Bonchev–Trinajstić information content (AvgIpc) is 3.59. The van der Waals surface area contributed by atoms with Gasteiger partial charge in [0.1, 0.15) is 12.4 Å². The molecule has 2 aliphatic heterocycles. The van der Waals surface area contributed by atoms with Crippen molar-refractivity contribution in [1.82, 2.24) is 14.7 Å². The number of carbonyl (C=O) groups is 2. The predicted molar refractivity (Wildman–Crippen MR) is 160 cm³/mol. The first-order valence-corrected chi connectivity index (χ1v) is 15.4. The summed E-state index contributed by atoms with van der Waals surface area (Å²) in [5.41, 5.74) is 4.81. The first-order valence-electron chi connectivity index (χ1n) is 13.5. The SMILES string of the molecule is Cc1cccc(-n2nc(-c3ccccc3)c3c2N(CC(=O)N2CCC(C)CC2)C(=O)CSC3c2cccs2)c1. The van der Waals surface area contributed by atoms with Crippen LogP contribution in [0.2, 0.25) is 0 Å². The van der Waals surface area contributed by atoms with Gasteiger partial charge in [-0.2, -0.15) is 5.10 Å². The molecule has 1 fully saturated rings. The lowest BCUT2D eigenvalue weighted by atomic mass is 9.99. The van der Waals surface area contributed by atoms with E-state index in [2.05, 4.69) is 55.6 Å². The highest BCUT2D eigenvalue weighted by molar-refractivity contribution is 8.00. The molecule has 8 heteroatoms. The quantitative estimate of drug-likeness (QED) is 0.288. The Kier molecular flexibility index (Phi) is 7.32. The fourth-order valence-corrected chi connectivity index (χ4v) is 7.60. The Bertz CT molecular complexity index is 1470. The molecule has 0 N–H and O–H groups in total. The summed E-state index contributed by atoms with van der Waals surface area (Å²) in [6, 6.07) is 22.5. The molecular weight excluding hydrogens is 525 g/mol. The summed E-state index contributed by atoms with van der Waals surface area (Å²) >= 11 is 3.31. The molecule has 1 atom stereocenters. The number of benzene rings is 2. The Hall–Kier alpha value is -3.36. The molecule has 4 aromatic rings. The number of piperidine rings is 1. The molecule has 0 spiro atoms. The Labute approximate surface area is 237 Å². The number of carbonyl (C=O) groups excluding carboxylic acids is 2. The van der Waals surface area contributed by atoms with Gasteiger partial charge in [0.05, 0.1) is 22.4 Å². The van der Waals surface area contributed by atoms with Crippen LogP contribution in [0.1, 0.15) is 41.0 Å². The van der Waals surface area contributed by atoms with Gasteiger partial charge in [-0.05, 0) is 54.8 Å². The van der Waals surface area contributed by atoms with Crippen molar-refractivity contribution in [2.45, 2.75) is 31.9 Å². The molecule has 2 aliphatic rings. The van der Waals surface area contributed by atoms with Gasteiger partial charge in [0.2, 0.25) is 11.8 Å². The van der Waals surface area contributed by atoms with Crippen LogP contribution in [-0.2, 0) is 9.59 Å². The monoisotopic (exact) mass is 556 g/mol. The molecule has 2 aromatic carbocycles. The molecule has 2 aromatic heterocycles. The smallest absolute Gasteiger partial charge is 0.242 e. The minimum absolute atomic E-state index is 0.000901. The molecule has 2 amide bonds. The largest absolute Gasteiger partial charge is 0.341 e. The Balaban J connectivity index is 1.55. The lowest BCUT2D eigenvalue weighted by Gasteiger charge is -2.32. The van der Waals surface area contributed by atoms with E-state index in [0.717, 1.165) is 54.0 Å². The molecule has 0 aliphatic carbocycles. The van der Waals surface area contributed by atoms with Gasteiger partial charge < -0.3 is 4.90 Å². The van der Waals surface area contributed by atoms with E-state index in [-0.39, 0.29) is 23.6 Å². The fourth-order valence-electron chi connectivity index (χ4n) is 5.43.